The third-order valence-corrected chi connectivity index (χ3v) is 1.54. The first kappa shape index (κ1) is 7.09. The SMILES string of the molecule is [CH2]COn1nnc2ccccc21. The van der Waals surface area contributed by atoms with Crippen molar-refractivity contribution < 1.29 is 4.84 Å². The molecule has 0 fully saturated rings. The van der Waals surface area contributed by atoms with Gasteiger partial charge in [-0.3, -0.25) is 0 Å². The molecule has 0 aliphatic rings. The Kier molecular flexibility index (Phi) is 1.66. The number of benzene rings is 1. The van der Waals surface area contributed by atoms with Gasteiger partial charge in [0.2, 0.25) is 0 Å². The van der Waals surface area contributed by atoms with Gasteiger partial charge in [-0.2, -0.15) is 0 Å². The molecule has 0 spiro atoms. The van der Waals surface area contributed by atoms with Crippen molar-refractivity contribution in [2.45, 2.75) is 0 Å². The predicted molar refractivity (Wildman–Crippen MR) is 44.3 cm³/mol. The number of hydrogen-bond donors (Lipinski definition) is 0. The maximum Gasteiger partial charge on any atom is 0.130 e. The van der Waals surface area contributed by atoms with E-state index < -0.39 is 0 Å². The van der Waals surface area contributed by atoms with E-state index in [4.69, 9.17) is 4.84 Å². The van der Waals surface area contributed by atoms with E-state index in [-0.39, 0.29) is 0 Å². The maximum absolute atomic E-state index is 5.09. The van der Waals surface area contributed by atoms with Crippen LogP contribution in [0.1, 0.15) is 0 Å². The fourth-order valence-electron chi connectivity index (χ4n) is 1.03. The van der Waals surface area contributed by atoms with Gasteiger partial charge in [0.05, 0.1) is 0 Å². The minimum absolute atomic E-state index is 0.341. The van der Waals surface area contributed by atoms with Crippen molar-refractivity contribution in [3.8, 4) is 0 Å². The Labute approximate surface area is 69.7 Å². The van der Waals surface area contributed by atoms with Crippen molar-refractivity contribution in [1.29, 1.82) is 0 Å². The van der Waals surface area contributed by atoms with Crippen LogP contribution in [0.3, 0.4) is 0 Å². The standard InChI is InChI=1S/C8H8N3O/c1-2-12-11-8-6-4-3-5-7(8)9-10-11/h3-6H,1-2H2. The molecule has 2 aromatic rings. The van der Waals surface area contributed by atoms with E-state index >= 15 is 0 Å². The molecule has 4 heteroatoms. The van der Waals surface area contributed by atoms with Crippen molar-refractivity contribution in [3.05, 3.63) is 31.2 Å². The van der Waals surface area contributed by atoms with Gasteiger partial charge in [-0.15, -0.1) is 5.10 Å². The molecule has 1 heterocycles. The predicted octanol–water partition coefficient (Wildman–Crippen LogP) is 0.694. The largest absolute Gasteiger partial charge is 0.395 e. The first-order chi connectivity index (χ1) is 5.92. The quantitative estimate of drug-likeness (QED) is 0.652. The van der Waals surface area contributed by atoms with Gasteiger partial charge in [0.1, 0.15) is 17.6 Å². The van der Waals surface area contributed by atoms with Crippen LogP contribution in [0.15, 0.2) is 24.3 Å². The fraction of sp³-hybridized carbons (Fsp3) is 0.125. The van der Waals surface area contributed by atoms with Crippen LogP contribution in [0.25, 0.3) is 11.0 Å². The number of fused-ring (bicyclic) bond motifs is 1. The molecule has 2 rings (SSSR count). The molecule has 0 atom stereocenters. The first-order valence-corrected chi connectivity index (χ1v) is 3.65. The second-order valence-corrected chi connectivity index (χ2v) is 2.28. The van der Waals surface area contributed by atoms with E-state index in [1.165, 1.54) is 4.85 Å². The average Bonchev–Trinajstić information content (AvgIpc) is 2.50. The molecular formula is C8H8N3O. The normalized spacial score (nSPS) is 10.4. The van der Waals surface area contributed by atoms with Crippen LogP contribution in [0.5, 0.6) is 0 Å². The minimum Gasteiger partial charge on any atom is -0.395 e. The van der Waals surface area contributed by atoms with Crippen molar-refractivity contribution >= 4 is 11.0 Å². The van der Waals surface area contributed by atoms with Gasteiger partial charge in [-0.1, -0.05) is 17.0 Å². The maximum atomic E-state index is 5.09. The van der Waals surface area contributed by atoms with Gasteiger partial charge < -0.3 is 4.84 Å². The number of nitrogens with zero attached hydrogens (tertiary/aromatic N) is 3. The first-order valence-electron chi connectivity index (χ1n) is 3.65. The molecule has 1 aromatic carbocycles. The summed E-state index contributed by atoms with van der Waals surface area (Å²) < 4.78 is 0. The fourth-order valence-corrected chi connectivity index (χ4v) is 1.03. The number of rotatable bonds is 2. The van der Waals surface area contributed by atoms with Crippen LogP contribution in [0, 0.1) is 6.92 Å². The molecule has 0 aliphatic carbocycles. The van der Waals surface area contributed by atoms with Crippen LogP contribution < -0.4 is 4.84 Å². The van der Waals surface area contributed by atoms with E-state index in [1.54, 1.807) is 0 Å². The highest BCUT2D eigenvalue weighted by atomic mass is 16.7. The van der Waals surface area contributed by atoms with E-state index in [0.717, 1.165) is 11.0 Å². The molecule has 12 heavy (non-hydrogen) atoms. The van der Waals surface area contributed by atoms with Gasteiger partial charge in [0, 0.05) is 0 Å². The second-order valence-electron chi connectivity index (χ2n) is 2.28. The molecule has 1 radical (unpaired) electrons. The van der Waals surface area contributed by atoms with Gasteiger partial charge in [0.25, 0.3) is 0 Å². The lowest BCUT2D eigenvalue weighted by Gasteiger charge is -1.99. The van der Waals surface area contributed by atoms with Crippen molar-refractivity contribution in [1.82, 2.24) is 15.2 Å². The number of para-hydroxylation sites is 1. The summed E-state index contributed by atoms with van der Waals surface area (Å²) in [6.07, 6.45) is 0. The van der Waals surface area contributed by atoms with Crippen molar-refractivity contribution in [2.75, 3.05) is 6.61 Å². The van der Waals surface area contributed by atoms with Crippen LogP contribution in [-0.4, -0.2) is 21.8 Å². The monoisotopic (exact) mass is 162 g/mol. The van der Waals surface area contributed by atoms with Crippen molar-refractivity contribution in [2.24, 2.45) is 0 Å². The Morgan fingerprint density at radius 1 is 1.42 bits per heavy atom. The third kappa shape index (κ3) is 1.01. The molecule has 1 aromatic heterocycles. The van der Waals surface area contributed by atoms with Gasteiger partial charge in [-0.25, -0.2) is 0 Å². The molecule has 61 valence electrons. The molecule has 0 amide bonds. The summed E-state index contributed by atoms with van der Waals surface area (Å²) in [5.74, 6) is 0. The third-order valence-electron chi connectivity index (χ3n) is 1.54. The molecule has 4 nitrogen and oxygen atoms in total. The van der Waals surface area contributed by atoms with Gasteiger partial charge in [-0.05, 0) is 24.3 Å². The summed E-state index contributed by atoms with van der Waals surface area (Å²) in [5.41, 5.74) is 1.69. The lowest BCUT2D eigenvalue weighted by Crippen LogP contribution is -2.12. The highest BCUT2D eigenvalue weighted by molar-refractivity contribution is 5.73. The molecule has 0 aliphatic heterocycles. The molecule has 0 unspecified atom stereocenters. The summed E-state index contributed by atoms with van der Waals surface area (Å²) in [7, 11) is 0. The Morgan fingerprint density at radius 3 is 3.08 bits per heavy atom. The summed E-state index contributed by atoms with van der Waals surface area (Å²) in [6.45, 7) is 3.90. The highest BCUT2D eigenvalue weighted by Gasteiger charge is 2.01. The zero-order chi connectivity index (χ0) is 8.39. The topological polar surface area (TPSA) is 39.9 Å². The molecular weight excluding hydrogens is 154 g/mol. The van der Waals surface area contributed by atoms with E-state index in [0.29, 0.717) is 6.61 Å². The number of hydrogen-bond acceptors (Lipinski definition) is 3. The summed E-state index contributed by atoms with van der Waals surface area (Å²) in [6, 6.07) is 7.59. The number of aromatic nitrogens is 3. The minimum atomic E-state index is 0.341. The molecule has 0 bridgehead atoms. The van der Waals surface area contributed by atoms with E-state index in [2.05, 4.69) is 17.2 Å². The summed E-state index contributed by atoms with van der Waals surface area (Å²) >= 11 is 0. The summed E-state index contributed by atoms with van der Waals surface area (Å²) in [5, 5.41) is 7.69. The van der Waals surface area contributed by atoms with Crippen LogP contribution in [0.4, 0.5) is 0 Å². The molecule has 0 saturated heterocycles. The lowest BCUT2D eigenvalue weighted by atomic mass is 10.3. The van der Waals surface area contributed by atoms with Crippen LogP contribution in [0.2, 0.25) is 0 Å². The summed E-state index contributed by atoms with van der Waals surface area (Å²) in [4.78, 5) is 6.47. The van der Waals surface area contributed by atoms with Gasteiger partial charge in [0.15, 0.2) is 0 Å². The Bertz CT molecular complexity index is 382. The van der Waals surface area contributed by atoms with Crippen LogP contribution >= 0.6 is 0 Å². The molecule has 0 saturated carbocycles. The zero-order valence-electron chi connectivity index (χ0n) is 6.47. The lowest BCUT2D eigenvalue weighted by molar-refractivity contribution is 0.109. The van der Waals surface area contributed by atoms with Gasteiger partial charge >= 0.3 is 0 Å². The Balaban J connectivity index is 2.55. The highest BCUT2D eigenvalue weighted by Crippen LogP contribution is 2.07. The van der Waals surface area contributed by atoms with E-state index in [1.807, 2.05) is 24.3 Å². The Hall–Kier alpha value is -1.58. The van der Waals surface area contributed by atoms with Crippen LogP contribution in [-0.2, 0) is 0 Å². The smallest absolute Gasteiger partial charge is 0.130 e. The van der Waals surface area contributed by atoms with Crippen molar-refractivity contribution in [3.63, 3.8) is 0 Å². The zero-order valence-corrected chi connectivity index (χ0v) is 6.47. The molecule has 0 N–H and O–H groups in total. The van der Waals surface area contributed by atoms with E-state index in [9.17, 15) is 0 Å². The average molecular weight is 162 g/mol. The Morgan fingerprint density at radius 2 is 2.25 bits per heavy atom. The second kappa shape index (κ2) is 2.81.